The minimum atomic E-state index is -0.197. The highest BCUT2D eigenvalue weighted by molar-refractivity contribution is 9.09. The van der Waals surface area contributed by atoms with Crippen molar-refractivity contribution in [2.45, 2.75) is 6.04 Å². The summed E-state index contributed by atoms with van der Waals surface area (Å²) in [6, 6.07) is -0.0530. The first-order valence-electron chi connectivity index (χ1n) is 4.38. The summed E-state index contributed by atoms with van der Waals surface area (Å²) >= 11 is 3.29. The van der Waals surface area contributed by atoms with Gasteiger partial charge in [0.1, 0.15) is 6.33 Å². The Balaban J connectivity index is 2.55. The monoisotopic (exact) mass is 273 g/mol. The molecule has 1 aromatic heterocycles. The molecule has 6 heteroatoms. The van der Waals surface area contributed by atoms with E-state index in [1.54, 1.807) is 7.11 Å². The summed E-state index contributed by atoms with van der Waals surface area (Å²) in [6.45, 7) is 0.463. The van der Waals surface area contributed by atoms with E-state index in [1.807, 2.05) is 0 Å². The first-order chi connectivity index (χ1) is 7.27. The molecule has 1 aromatic rings. The maximum absolute atomic E-state index is 11.6. The van der Waals surface area contributed by atoms with Gasteiger partial charge in [-0.1, -0.05) is 15.9 Å². The second-order valence-corrected chi connectivity index (χ2v) is 3.55. The normalized spacial score (nSPS) is 12.1. The number of nitrogens with zero attached hydrogens (tertiary/aromatic N) is 2. The fourth-order valence-corrected chi connectivity index (χ4v) is 1.36. The number of alkyl halides is 1. The highest BCUT2D eigenvalue weighted by atomic mass is 79.9. The number of carbonyl (C=O) groups excluding carboxylic acids is 1. The van der Waals surface area contributed by atoms with Crippen molar-refractivity contribution in [2.24, 2.45) is 0 Å². The number of hydrogen-bond donors (Lipinski definition) is 1. The van der Waals surface area contributed by atoms with Crippen molar-refractivity contribution in [3.05, 3.63) is 24.3 Å². The van der Waals surface area contributed by atoms with Crippen LogP contribution in [0, 0.1) is 0 Å². The lowest BCUT2D eigenvalue weighted by atomic mass is 10.3. The van der Waals surface area contributed by atoms with Gasteiger partial charge in [-0.15, -0.1) is 0 Å². The van der Waals surface area contributed by atoms with Crippen LogP contribution in [0.5, 0.6) is 0 Å². The number of rotatable bonds is 5. The molecule has 0 fully saturated rings. The average molecular weight is 274 g/mol. The van der Waals surface area contributed by atoms with Gasteiger partial charge in [0.15, 0.2) is 0 Å². The van der Waals surface area contributed by atoms with Crippen molar-refractivity contribution in [3.63, 3.8) is 0 Å². The smallest absolute Gasteiger partial charge is 0.254 e. The van der Waals surface area contributed by atoms with Crippen LogP contribution in [0.1, 0.15) is 10.4 Å². The van der Waals surface area contributed by atoms with Gasteiger partial charge in [0.2, 0.25) is 0 Å². The largest absolute Gasteiger partial charge is 0.383 e. The molecule has 1 heterocycles. The second-order valence-electron chi connectivity index (χ2n) is 2.91. The number of methoxy groups -OCH3 is 1. The molecular weight excluding hydrogens is 262 g/mol. The fraction of sp³-hybridized carbons (Fsp3) is 0.444. The Labute approximate surface area is 96.4 Å². The molecule has 1 unspecified atom stereocenters. The van der Waals surface area contributed by atoms with Crippen LogP contribution in [0.2, 0.25) is 0 Å². The summed E-state index contributed by atoms with van der Waals surface area (Å²) < 4.78 is 4.96. The quantitative estimate of drug-likeness (QED) is 0.799. The molecule has 0 aliphatic heterocycles. The van der Waals surface area contributed by atoms with Crippen LogP contribution >= 0.6 is 15.9 Å². The number of aromatic nitrogens is 2. The Morgan fingerprint density at radius 2 is 2.27 bits per heavy atom. The average Bonchev–Trinajstić information content (AvgIpc) is 2.29. The third-order valence-electron chi connectivity index (χ3n) is 1.71. The molecule has 0 bridgehead atoms. The highest BCUT2D eigenvalue weighted by Crippen LogP contribution is 1.97. The van der Waals surface area contributed by atoms with Gasteiger partial charge in [0, 0.05) is 24.8 Å². The third-order valence-corrected chi connectivity index (χ3v) is 2.49. The minimum Gasteiger partial charge on any atom is -0.383 e. The molecule has 82 valence electrons. The Hall–Kier alpha value is -1.01. The molecular formula is C9H12BrN3O2. The van der Waals surface area contributed by atoms with Gasteiger partial charge in [0.05, 0.1) is 18.2 Å². The van der Waals surface area contributed by atoms with Gasteiger partial charge < -0.3 is 10.1 Å². The molecule has 0 aliphatic rings. The van der Waals surface area contributed by atoms with Crippen LogP contribution < -0.4 is 5.32 Å². The van der Waals surface area contributed by atoms with Crippen molar-refractivity contribution in [1.29, 1.82) is 0 Å². The van der Waals surface area contributed by atoms with Crippen LogP contribution in [0.3, 0.4) is 0 Å². The fourth-order valence-electron chi connectivity index (χ4n) is 1.01. The van der Waals surface area contributed by atoms with E-state index in [-0.39, 0.29) is 11.9 Å². The molecule has 0 aliphatic carbocycles. The zero-order valence-electron chi connectivity index (χ0n) is 8.31. The number of amides is 1. The first-order valence-corrected chi connectivity index (χ1v) is 5.51. The summed E-state index contributed by atoms with van der Waals surface area (Å²) in [4.78, 5) is 19.2. The molecule has 1 atom stereocenters. The maximum atomic E-state index is 11.6. The zero-order valence-corrected chi connectivity index (χ0v) is 9.90. The van der Waals surface area contributed by atoms with Gasteiger partial charge in [-0.05, 0) is 0 Å². The topological polar surface area (TPSA) is 64.1 Å². The highest BCUT2D eigenvalue weighted by Gasteiger charge is 2.12. The lowest BCUT2D eigenvalue weighted by Gasteiger charge is -2.14. The minimum absolute atomic E-state index is 0.0530. The summed E-state index contributed by atoms with van der Waals surface area (Å²) in [7, 11) is 1.59. The second kappa shape index (κ2) is 6.47. The van der Waals surface area contributed by atoms with Crippen LogP contribution in [0.4, 0.5) is 0 Å². The van der Waals surface area contributed by atoms with Crippen molar-refractivity contribution in [2.75, 3.05) is 19.0 Å². The number of carbonyl (C=O) groups is 1. The molecule has 0 radical (unpaired) electrons. The molecule has 0 aromatic carbocycles. The van der Waals surface area contributed by atoms with E-state index >= 15 is 0 Å². The summed E-state index contributed by atoms with van der Waals surface area (Å²) in [5.74, 6) is -0.197. The molecule has 5 nitrogen and oxygen atoms in total. The molecule has 0 saturated carbocycles. The van der Waals surface area contributed by atoms with Crippen LogP contribution in [0.25, 0.3) is 0 Å². The Kier molecular flexibility index (Phi) is 5.20. The number of nitrogens with one attached hydrogen (secondary N) is 1. The predicted octanol–water partition coefficient (Wildman–Crippen LogP) is 0.616. The Morgan fingerprint density at radius 1 is 1.60 bits per heavy atom. The molecule has 1 amide bonds. The Morgan fingerprint density at radius 3 is 2.80 bits per heavy atom. The van der Waals surface area contributed by atoms with E-state index < -0.39 is 0 Å². The predicted molar refractivity (Wildman–Crippen MR) is 59.0 cm³/mol. The lowest BCUT2D eigenvalue weighted by molar-refractivity contribution is 0.0907. The first kappa shape index (κ1) is 12.1. The lowest BCUT2D eigenvalue weighted by Crippen LogP contribution is -2.39. The van der Waals surface area contributed by atoms with Gasteiger partial charge in [0.25, 0.3) is 5.91 Å². The van der Waals surface area contributed by atoms with Gasteiger partial charge in [-0.3, -0.25) is 4.79 Å². The van der Waals surface area contributed by atoms with E-state index in [1.165, 1.54) is 18.7 Å². The summed E-state index contributed by atoms with van der Waals surface area (Å²) in [5, 5.41) is 3.43. The molecule has 0 saturated heterocycles. The van der Waals surface area contributed by atoms with E-state index in [0.29, 0.717) is 17.5 Å². The number of halogens is 1. The molecule has 1 rings (SSSR count). The van der Waals surface area contributed by atoms with Gasteiger partial charge in [-0.25, -0.2) is 9.97 Å². The SMILES string of the molecule is COCC(CBr)NC(=O)c1cncnc1. The summed E-state index contributed by atoms with van der Waals surface area (Å²) in [6.07, 6.45) is 4.33. The van der Waals surface area contributed by atoms with E-state index in [0.717, 1.165) is 0 Å². The molecule has 0 spiro atoms. The maximum Gasteiger partial charge on any atom is 0.254 e. The van der Waals surface area contributed by atoms with E-state index in [2.05, 4.69) is 31.2 Å². The van der Waals surface area contributed by atoms with Crippen molar-refractivity contribution in [3.8, 4) is 0 Å². The van der Waals surface area contributed by atoms with Crippen molar-refractivity contribution >= 4 is 21.8 Å². The molecule has 15 heavy (non-hydrogen) atoms. The Bertz CT molecular complexity index is 307. The third kappa shape index (κ3) is 3.93. The van der Waals surface area contributed by atoms with Crippen molar-refractivity contribution in [1.82, 2.24) is 15.3 Å². The van der Waals surface area contributed by atoms with Crippen LogP contribution in [-0.2, 0) is 4.74 Å². The standard InChI is InChI=1S/C9H12BrN3O2/c1-15-5-8(2-10)13-9(14)7-3-11-6-12-4-7/h3-4,6,8H,2,5H2,1H3,(H,13,14). The van der Waals surface area contributed by atoms with Crippen LogP contribution in [0.15, 0.2) is 18.7 Å². The zero-order chi connectivity index (χ0) is 11.1. The van der Waals surface area contributed by atoms with Gasteiger partial charge >= 0.3 is 0 Å². The number of ether oxygens (including phenoxy) is 1. The van der Waals surface area contributed by atoms with Gasteiger partial charge in [-0.2, -0.15) is 0 Å². The number of hydrogen-bond acceptors (Lipinski definition) is 4. The van der Waals surface area contributed by atoms with Crippen molar-refractivity contribution < 1.29 is 9.53 Å². The van der Waals surface area contributed by atoms with Crippen LogP contribution in [-0.4, -0.2) is 41.0 Å². The molecule has 1 N–H and O–H groups in total. The van der Waals surface area contributed by atoms with E-state index in [4.69, 9.17) is 4.74 Å². The summed E-state index contributed by atoms with van der Waals surface area (Å²) in [5.41, 5.74) is 0.444. The van der Waals surface area contributed by atoms with E-state index in [9.17, 15) is 4.79 Å².